The van der Waals surface area contributed by atoms with E-state index in [1.165, 1.54) is 6.07 Å². The largest absolute Gasteiger partial charge is 0.387 e. The van der Waals surface area contributed by atoms with E-state index in [4.69, 9.17) is 11.6 Å². The Bertz CT molecular complexity index is 562. The van der Waals surface area contributed by atoms with E-state index in [0.29, 0.717) is 6.54 Å². The molecule has 2 aromatic rings. The number of hydrogen-bond acceptors (Lipinski definition) is 2. The van der Waals surface area contributed by atoms with Crippen LogP contribution in [0.4, 0.5) is 4.39 Å². The highest BCUT2D eigenvalue weighted by Gasteiger charge is 2.11. The predicted octanol–water partition coefficient (Wildman–Crippen LogP) is 3.86. The molecule has 2 aromatic carbocycles. The second-order valence-electron chi connectivity index (χ2n) is 4.73. The average molecular weight is 294 g/mol. The molecule has 0 aromatic heterocycles. The highest BCUT2D eigenvalue weighted by molar-refractivity contribution is 6.30. The van der Waals surface area contributed by atoms with Gasteiger partial charge in [0, 0.05) is 12.6 Å². The van der Waals surface area contributed by atoms with Crippen molar-refractivity contribution in [1.29, 1.82) is 0 Å². The lowest BCUT2D eigenvalue weighted by molar-refractivity contribution is 0.171. The Labute approximate surface area is 123 Å². The Hall–Kier alpha value is -1.42. The van der Waals surface area contributed by atoms with Gasteiger partial charge in [-0.05, 0) is 30.2 Å². The second-order valence-corrected chi connectivity index (χ2v) is 5.14. The first-order valence-electron chi connectivity index (χ1n) is 6.49. The van der Waals surface area contributed by atoms with Crippen molar-refractivity contribution in [2.24, 2.45) is 0 Å². The first kappa shape index (κ1) is 15.0. The summed E-state index contributed by atoms with van der Waals surface area (Å²) in [6.07, 6.45) is -0.574. The molecule has 106 valence electrons. The van der Waals surface area contributed by atoms with Crippen molar-refractivity contribution in [1.82, 2.24) is 5.32 Å². The lowest BCUT2D eigenvalue weighted by Gasteiger charge is -2.18. The van der Waals surface area contributed by atoms with E-state index in [1.54, 1.807) is 12.1 Å². The molecule has 0 fully saturated rings. The van der Waals surface area contributed by atoms with Crippen LogP contribution in [0.3, 0.4) is 0 Å². The summed E-state index contributed by atoms with van der Waals surface area (Å²) in [5, 5.41) is 13.4. The molecule has 0 bridgehead atoms. The lowest BCUT2D eigenvalue weighted by Crippen LogP contribution is -2.24. The number of hydrogen-bond donors (Lipinski definition) is 2. The van der Waals surface area contributed by atoms with Crippen LogP contribution in [0.2, 0.25) is 5.02 Å². The van der Waals surface area contributed by atoms with Crippen molar-refractivity contribution >= 4 is 11.6 Å². The van der Waals surface area contributed by atoms with Gasteiger partial charge in [0.2, 0.25) is 0 Å². The summed E-state index contributed by atoms with van der Waals surface area (Å²) in [5.41, 5.74) is 1.75. The van der Waals surface area contributed by atoms with Gasteiger partial charge in [-0.15, -0.1) is 0 Å². The fourth-order valence-corrected chi connectivity index (χ4v) is 2.17. The Morgan fingerprint density at radius 1 is 1.15 bits per heavy atom. The van der Waals surface area contributed by atoms with Crippen LogP contribution in [0.1, 0.15) is 30.2 Å². The number of halogens is 2. The zero-order chi connectivity index (χ0) is 14.5. The molecule has 0 aliphatic rings. The fourth-order valence-electron chi connectivity index (χ4n) is 1.98. The van der Waals surface area contributed by atoms with E-state index in [2.05, 4.69) is 5.32 Å². The minimum absolute atomic E-state index is 0.0218. The van der Waals surface area contributed by atoms with Crippen LogP contribution < -0.4 is 5.32 Å². The molecule has 20 heavy (non-hydrogen) atoms. The number of nitrogens with one attached hydrogen (secondary N) is 1. The third kappa shape index (κ3) is 3.79. The summed E-state index contributed by atoms with van der Waals surface area (Å²) >= 11 is 5.76. The van der Waals surface area contributed by atoms with Crippen LogP contribution in [-0.4, -0.2) is 11.7 Å². The molecule has 0 spiro atoms. The summed E-state index contributed by atoms with van der Waals surface area (Å²) in [4.78, 5) is 0. The molecule has 0 saturated carbocycles. The third-order valence-electron chi connectivity index (χ3n) is 3.25. The minimum Gasteiger partial charge on any atom is -0.387 e. The zero-order valence-corrected chi connectivity index (χ0v) is 11.9. The van der Waals surface area contributed by atoms with E-state index < -0.39 is 11.9 Å². The van der Waals surface area contributed by atoms with E-state index in [0.717, 1.165) is 11.1 Å². The average Bonchev–Trinajstić information content (AvgIpc) is 2.48. The Kier molecular flexibility index (Phi) is 5.12. The van der Waals surface area contributed by atoms with Gasteiger partial charge >= 0.3 is 0 Å². The minimum atomic E-state index is -0.574. The molecule has 2 atom stereocenters. The number of benzene rings is 2. The van der Waals surface area contributed by atoms with E-state index >= 15 is 0 Å². The summed E-state index contributed by atoms with van der Waals surface area (Å²) in [6.45, 7) is 2.36. The molecule has 2 unspecified atom stereocenters. The van der Waals surface area contributed by atoms with Crippen molar-refractivity contribution < 1.29 is 9.50 Å². The number of aliphatic hydroxyl groups is 1. The highest BCUT2D eigenvalue weighted by Crippen LogP contribution is 2.21. The molecular weight excluding hydrogens is 277 g/mol. The molecule has 0 amide bonds. The maximum Gasteiger partial charge on any atom is 0.141 e. The molecule has 0 radical (unpaired) electrons. The molecule has 0 aliphatic heterocycles. The molecule has 0 aliphatic carbocycles. The van der Waals surface area contributed by atoms with Gasteiger partial charge in [0.05, 0.1) is 11.1 Å². The summed E-state index contributed by atoms with van der Waals surface area (Å²) in [6, 6.07) is 14.1. The Morgan fingerprint density at radius 2 is 1.85 bits per heavy atom. The van der Waals surface area contributed by atoms with Gasteiger partial charge < -0.3 is 10.4 Å². The Balaban J connectivity index is 1.95. The molecule has 2 nitrogen and oxygen atoms in total. The van der Waals surface area contributed by atoms with Crippen molar-refractivity contribution in [3.8, 4) is 0 Å². The maximum atomic E-state index is 13.1. The highest BCUT2D eigenvalue weighted by atomic mass is 35.5. The monoisotopic (exact) mass is 293 g/mol. The molecule has 4 heteroatoms. The normalized spacial score (nSPS) is 14.0. The van der Waals surface area contributed by atoms with E-state index in [-0.39, 0.29) is 11.1 Å². The van der Waals surface area contributed by atoms with Crippen LogP contribution in [0.25, 0.3) is 0 Å². The van der Waals surface area contributed by atoms with Gasteiger partial charge in [0.15, 0.2) is 0 Å². The molecule has 0 heterocycles. The summed E-state index contributed by atoms with van der Waals surface area (Å²) in [7, 11) is 0. The van der Waals surface area contributed by atoms with Crippen molar-refractivity contribution in [3.05, 3.63) is 70.5 Å². The summed E-state index contributed by atoms with van der Waals surface area (Å²) in [5.74, 6) is -0.424. The van der Waals surface area contributed by atoms with Crippen LogP contribution in [0, 0.1) is 5.82 Å². The van der Waals surface area contributed by atoms with E-state index in [9.17, 15) is 9.50 Å². The number of aliphatic hydroxyl groups excluding tert-OH is 1. The van der Waals surface area contributed by atoms with Crippen LogP contribution in [0.5, 0.6) is 0 Å². The van der Waals surface area contributed by atoms with Crippen molar-refractivity contribution in [3.63, 3.8) is 0 Å². The first-order chi connectivity index (χ1) is 9.58. The van der Waals surface area contributed by atoms with Crippen LogP contribution >= 0.6 is 11.6 Å². The van der Waals surface area contributed by atoms with Crippen molar-refractivity contribution in [2.75, 3.05) is 6.54 Å². The second kappa shape index (κ2) is 6.84. The van der Waals surface area contributed by atoms with E-state index in [1.807, 2.05) is 37.3 Å². The smallest absolute Gasteiger partial charge is 0.141 e. The number of rotatable bonds is 5. The zero-order valence-electron chi connectivity index (χ0n) is 11.2. The standard InChI is InChI=1S/C16H17ClFNO/c1-11(13-7-8-15(18)14(17)9-13)19-10-16(20)12-5-3-2-4-6-12/h2-9,11,16,19-20H,10H2,1H3. The van der Waals surface area contributed by atoms with Gasteiger partial charge in [0.1, 0.15) is 5.82 Å². The Morgan fingerprint density at radius 3 is 2.50 bits per heavy atom. The topological polar surface area (TPSA) is 32.3 Å². The molecule has 0 saturated heterocycles. The predicted molar refractivity (Wildman–Crippen MR) is 79.2 cm³/mol. The van der Waals surface area contributed by atoms with Gasteiger partial charge in [-0.25, -0.2) is 4.39 Å². The quantitative estimate of drug-likeness (QED) is 0.877. The van der Waals surface area contributed by atoms with Gasteiger partial charge in [0.25, 0.3) is 0 Å². The summed E-state index contributed by atoms with van der Waals surface area (Å²) < 4.78 is 13.1. The molecular formula is C16H17ClFNO. The molecule has 2 N–H and O–H groups in total. The fraction of sp³-hybridized carbons (Fsp3) is 0.250. The van der Waals surface area contributed by atoms with Gasteiger partial charge in [-0.1, -0.05) is 48.0 Å². The maximum absolute atomic E-state index is 13.1. The van der Waals surface area contributed by atoms with Gasteiger partial charge in [-0.2, -0.15) is 0 Å². The first-order valence-corrected chi connectivity index (χ1v) is 6.87. The van der Waals surface area contributed by atoms with Gasteiger partial charge in [-0.3, -0.25) is 0 Å². The SMILES string of the molecule is CC(NCC(O)c1ccccc1)c1ccc(F)c(Cl)c1. The lowest BCUT2D eigenvalue weighted by atomic mass is 10.1. The van der Waals surface area contributed by atoms with Crippen molar-refractivity contribution in [2.45, 2.75) is 19.1 Å². The third-order valence-corrected chi connectivity index (χ3v) is 3.54. The van der Waals surface area contributed by atoms with Crippen LogP contribution in [-0.2, 0) is 0 Å². The molecule has 2 rings (SSSR count). The van der Waals surface area contributed by atoms with Crippen LogP contribution in [0.15, 0.2) is 48.5 Å².